The summed E-state index contributed by atoms with van der Waals surface area (Å²) in [6.45, 7) is 15.4. The summed E-state index contributed by atoms with van der Waals surface area (Å²) in [7, 11) is 4.06. The molecule has 0 spiro atoms. The van der Waals surface area contributed by atoms with Crippen molar-refractivity contribution >= 4 is 45.2 Å². The Hall–Kier alpha value is -4.58. The van der Waals surface area contributed by atoms with Crippen LogP contribution in [0, 0.1) is 24.7 Å². The first-order valence-corrected chi connectivity index (χ1v) is 23.4. The van der Waals surface area contributed by atoms with E-state index in [1.807, 2.05) is 69.6 Å². The normalized spacial score (nSPS) is 16.5. The molecule has 63 heavy (non-hydrogen) atoms. The van der Waals surface area contributed by atoms with Gasteiger partial charge in [0, 0.05) is 33.5 Å². The first-order valence-electron chi connectivity index (χ1n) is 21.9. The van der Waals surface area contributed by atoms with Crippen molar-refractivity contribution in [3.05, 3.63) is 60.2 Å². The number of nitrogen functional groups attached to an aromatic ring is 1. The van der Waals surface area contributed by atoms with Crippen molar-refractivity contribution < 1.29 is 41.9 Å². The molecule has 1 aliphatic heterocycles. The monoisotopic (exact) mass is 904 g/mol. The molecule has 0 aliphatic carbocycles. The average Bonchev–Trinajstić information content (AvgIpc) is 3.72. The molecule has 2 aromatic carbocycles. The van der Waals surface area contributed by atoms with Crippen LogP contribution >= 0.6 is 0 Å². The van der Waals surface area contributed by atoms with Crippen molar-refractivity contribution in [3.63, 3.8) is 0 Å². The lowest BCUT2D eigenvalue weighted by molar-refractivity contribution is -0.146. The van der Waals surface area contributed by atoms with Gasteiger partial charge < -0.3 is 35.6 Å². The number of amides is 5. The SMILES string of the molecule is CCC.CCC(C)C(C(CC(=O)N1CCCC1C(OC)C(C)C(=O)NCC(=O)NS(=O)(=O)c1ccc(N)cc1)OC)N(C)C(=O)CNC(=O)C(C(C)C)N(C)C.Cc1ccccc1. The lowest BCUT2D eigenvalue weighted by Crippen LogP contribution is -2.55. The van der Waals surface area contributed by atoms with Gasteiger partial charge in [0.25, 0.3) is 15.9 Å². The molecule has 1 saturated heterocycles. The number of likely N-dealkylation sites (tertiary alicyclic amines) is 1. The van der Waals surface area contributed by atoms with Crippen LogP contribution in [0.1, 0.15) is 86.1 Å². The maximum atomic E-state index is 14.0. The molecule has 16 nitrogen and oxygen atoms in total. The van der Waals surface area contributed by atoms with Gasteiger partial charge in [-0.3, -0.25) is 28.9 Å². The predicted molar refractivity (Wildman–Crippen MR) is 248 cm³/mol. The Morgan fingerprint density at radius 1 is 0.857 bits per heavy atom. The fourth-order valence-electron chi connectivity index (χ4n) is 7.61. The summed E-state index contributed by atoms with van der Waals surface area (Å²) < 4.78 is 38.7. The molecule has 3 rings (SSSR count). The van der Waals surface area contributed by atoms with E-state index in [1.54, 1.807) is 23.8 Å². The maximum absolute atomic E-state index is 14.0. The van der Waals surface area contributed by atoms with Crippen molar-refractivity contribution in [2.75, 3.05) is 60.7 Å². The zero-order valence-corrected chi connectivity index (χ0v) is 40.8. The third-order valence-electron chi connectivity index (χ3n) is 11.0. The number of sulfonamides is 1. The standard InChI is InChI=1S/C36H61N7O9S.C7H8.C3H8/c1-11-23(4)33(42(8)31(46)21-39-36(48)32(22(2)3)41(6)7)28(51-9)19-30(45)43-18-12-13-27(43)34(52-10)24(5)35(47)38-20-29(44)40-53(49,50)26-16-14-25(37)15-17-26;1-7-5-3-2-4-6-7;1-3-2/h14-17,22-24,27-28,32-34H,11-13,18-21,37H2,1-10H3,(H,38,47)(H,39,48)(H,40,44);2-6H,1H3;3H2,1-2H3. The van der Waals surface area contributed by atoms with Gasteiger partial charge in [-0.25, -0.2) is 13.1 Å². The summed E-state index contributed by atoms with van der Waals surface area (Å²) >= 11 is 0. The number of nitrogens with zero attached hydrogens (tertiary/aromatic N) is 3. The lowest BCUT2D eigenvalue weighted by atomic mass is 9.90. The second-order valence-corrected chi connectivity index (χ2v) is 18.4. The number of benzene rings is 2. The Kier molecular flexibility index (Phi) is 25.3. The summed E-state index contributed by atoms with van der Waals surface area (Å²) in [6, 6.07) is 14.2. The van der Waals surface area contributed by atoms with E-state index < -0.39 is 64.6 Å². The van der Waals surface area contributed by atoms with E-state index in [-0.39, 0.29) is 47.4 Å². The number of nitrogens with one attached hydrogen (secondary N) is 3. The minimum atomic E-state index is -4.17. The summed E-state index contributed by atoms with van der Waals surface area (Å²) in [5.41, 5.74) is 7.29. The van der Waals surface area contributed by atoms with Crippen LogP contribution in [0.2, 0.25) is 0 Å². The number of carbonyl (C=O) groups excluding carboxylic acids is 5. The smallest absolute Gasteiger partial charge is 0.264 e. The molecule has 1 aliphatic rings. The number of rotatable bonds is 20. The maximum Gasteiger partial charge on any atom is 0.264 e. The third-order valence-corrected chi connectivity index (χ3v) is 12.4. The highest BCUT2D eigenvalue weighted by Crippen LogP contribution is 2.29. The van der Waals surface area contributed by atoms with E-state index >= 15 is 0 Å². The summed E-state index contributed by atoms with van der Waals surface area (Å²) in [6.07, 6.45) is 1.75. The first kappa shape index (κ1) is 56.4. The summed E-state index contributed by atoms with van der Waals surface area (Å²) in [4.78, 5) is 70.8. The Balaban J connectivity index is 0.00000175. The van der Waals surface area contributed by atoms with E-state index in [9.17, 15) is 32.4 Å². The number of methoxy groups -OCH3 is 2. The van der Waals surface area contributed by atoms with Crippen molar-refractivity contribution in [2.45, 2.75) is 123 Å². The van der Waals surface area contributed by atoms with E-state index in [4.69, 9.17) is 15.2 Å². The summed E-state index contributed by atoms with van der Waals surface area (Å²) in [5, 5.41) is 5.25. The van der Waals surface area contributed by atoms with Crippen molar-refractivity contribution in [1.82, 2.24) is 30.1 Å². The van der Waals surface area contributed by atoms with Gasteiger partial charge in [0.2, 0.25) is 23.6 Å². The molecule has 17 heteroatoms. The van der Waals surface area contributed by atoms with Gasteiger partial charge in [0.15, 0.2) is 0 Å². The zero-order chi connectivity index (χ0) is 48.0. The average molecular weight is 904 g/mol. The second-order valence-electron chi connectivity index (χ2n) is 16.7. The molecule has 2 aromatic rings. The molecule has 5 amide bonds. The molecule has 5 N–H and O–H groups in total. The van der Waals surface area contributed by atoms with Crippen LogP contribution in [-0.4, -0.2) is 138 Å². The van der Waals surface area contributed by atoms with Crippen LogP contribution in [-0.2, 0) is 43.5 Å². The highest BCUT2D eigenvalue weighted by molar-refractivity contribution is 7.90. The molecular formula is C46H77N7O9S. The molecule has 7 unspecified atom stereocenters. The van der Waals surface area contributed by atoms with Gasteiger partial charge >= 0.3 is 0 Å². The van der Waals surface area contributed by atoms with Gasteiger partial charge in [-0.2, -0.15) is 0 Å². The zero-order valence-electron chi connectivity index (χ0n) is 40.0. The summed E-state index contributed by atoms with van der Waals surface area (Å²) in [5.74, 6) is -3.10. The Morgan fingerprint density at radius 3 is 1.90 bits per heavy atom. The number of carbonyl (C=O) groups is 5. The van der Waals surface area contributed by atoms with E-state index in [0.717, 1.165) is 0 Å². The van der Waals surface area contributed by atoms with E-state index in [1.165, 1.54) is 50.5 Å². The van der Waals surface area contributed by atoms with Gasteiger partial charge in [0.1, 0.15) is 0 Å². The van der Waals surface area contributed by atoms with E-state index in [2.05, 4.69) is 43.5 Å². The number of hydrogen-bond donors (Lipinski definition) is 4. The van der Waals surface area contributed by atoms with Crippen LogP contribution in [0.5, 0.6) is 0 Å². The number of ether oxygens (including phenoxy) is 2. The molecule has 1 heterocycles. The van der Waals surface area contributed by atoms with Crippen LogP contribution in [0.4, 0.5) is 5.69 Å². The topological polar surface area (TPSA) is 210 Å². The van der Waals surface area contributed by atoms with Crippen LogP contribution in [0.15, 0.2) is 59.5 Å². The van der Waals surface area contributed by atoms with Crippen molar-refractivity contribution in [3.8, 4) is 0 Å². The minimum Gasteiger partial charge on any atom is -0.399 e. The van der Waals surface area contributed by atoms with Gasteiger partial charge in [0.05, 0.1) is 60.7 Å². The molecule has 1 fully saturated rings. The molecule has 0 saturated carbocycles. The largest absolute Gasteiger partial charge is 0.399 e. The Morgan fingerprint density at radius 2 is 1.43 bits per heavy atom. The quantitative estimate of drug-likeness (QED) is 0.138. The molecule has 0 aromatic heterocycles. The van der Waals surface area contributed by atoms with E-state index in [0.29, 0.717) is 31.5 Å². The second kappa shape index (κ2) is 28.3. The predicted octanol–water partition coefficient (Wildman–Crippen LogP) is 4.22. The Labute approximate surface area is 377 Å². The molecular weight excluding hydrogens is 827 g/mol. The highest BCUT2D eigenvalue weighted by atomic mass is 32.2. The molecule has 0 bridgehead atoms. The third kappa shape index (κ3) is 18.2. The van der Waals surface area contributed by atoms with Gasteiger partial charge in [-0.15, -0.1) is 0 Å². The fraction of sp³-hybridized carbons (Fsp3) is 0.630. The molecule has 7 atom stereocenters. The first-order chi connectivity index (χ1) is 29.6. The van der Waals surface area contributed by atoms with Crippen LogP contribution in [0.25, 0.3) is 0 Å². The van der Waals surface area contributed by atoms with Gasteiger partial charge in [-0.1, -0.05) is 97.2 Å². The molecule has 0 radical (unpaired) electrons. The number of anilines is 1. The highest BCUT2D eigenvalue weighted by Gasteiger charge is 2.42. The number of likely N-dealkylation sites (N-methyl/N-ethyl adjacent to an activating group) is 2. The Bertz CT molecular complexity index is 1810. The van der Waals surface area contributed by atoms with Gasteiger partial charge in [-0.05, 0) is 70.0 Å². The number of aryl methyl sites for hydroxylation is 1. The number of nitrogens with two attached hydrogens (primary N) is 1. The van der Waals surface area contributed by atoms with Crippen molar-refractivity contribution in [2.24, 2.45) is 17.8 Å². The van der Waals surface area contributed by atoms with Crippen molar-refractivity contribution in [1.29, 1.82) is 0 Å². The fourth-order valence-corrected chi connectivity index (χ4v) is 8.59. The van der Waals surface area contributed by atoms with Crippen LogP contribution < -0.4 is 21.1 Å². The number of hydrogen-bond acceptors (Lipinski definition) is 11. The minimum absolute atomic E-state index is 0.0400. The lowest BCUT2D eigenvalue weighted by Gasteiger charge is -2.39. The molecule has 356 valence electrons. The van der Waals surface area contributed by atoms with Crippen LogP contribution in [0.3, 0.4) is 0 Å².